The lowest BCUT2D eigenvalue weighted by Crippen LogP contribution is -2.57. The number of nitrogens with one attached hydrogen (secondary N) is 1. The monoisotopic (exact) mass is 341 g/mol. The Labute approximate surface area is 136 Å². The second-order valence-electron chi connectivity index (χ2n) is 6.45. The Morgan fingerprint density at radius 2 is 1.91 bits per heavy atom. The number of nitrogens with two attached hydrogens (primary N) is 1. The van der Waals surface area contributed by atoms with Crippen LogP contribution < -0.4 is 11.1 Å². The SMILES string of the molecule is CC(C)(C)OC(=O)N1CCNCC1S(=O)(=O)c1ccc(N)cc1. The highest BCUT2D eigenvalue weighted by Crippen LogP contribution is 2.23. The lowest BCUT2D eigenvalue weighted by Gasteiger charge is -2.36. The fourth-order valence-electron chi connectivity index (χ4n) is 2.30. The molecule has 1 aromatic rings. The Bertz CT molecular complexity index is 665. The molecule has 3 N–H and O–H groups in total. The average Bonchev–Trinajstić information content (AvgIpc) is 2.46. The van der Waals surface area contributed by atoms with Gasteiger partial charge in [-0.2, -0.15) is 0 Å². The zero-order chi connectivity index (χ0) is 17.3. The van der Waals surface area contributed by atoms with Crippen LogP contribution in [0.1, 0.15) is 20.8 Å². The van der Waals surface area contributed by atoms with Crippen molar-refractivity contribution in [3.63, 3.8) is 0 Å². The number of hydrogen-bond donors (Lipinski definition) is 2. The predicted octanol–water partition coefficient (Wildman–Crippen LogP) is 1.21. The summed E-state index contributed by atoms with van der Waals surface area (Å²) in [6.45, 7) is 6.19. The Morgan fingerprint density at radius 1 is 1.30 bits per heavy atom. The molecule has 1 heterocycles. The van der Waals surface area contributed by atoms with E-state index < -0.39 is 26.9 Å². The largest absolute Gasteiger partial charge is 0.444 e. The highest BCUT2D eigenvalue weighted by molar-refractivity contribution is 7.92. The molecule has 1 saturated heterocycles. The van der Waals surface area contributed by atoms with Crippen molar-refractivity contribution in [2.45, 2.75) is 36.6 Å². The van der Waals surface area contributed by atoms with Gasteiger partial charge in [0.1, 0.15) is 5.60 Å². The van der Waals surface area contributed by atoms with Gasteiger partial charge in [0.05, 0.1) is 4.90 Å². The molecule has 0 spiro atoms. The highest BCUT2D eigenvalue weighted by atomic mass is 32.2. The van der Waals surface area contributed by atoms with Crippen LogP contribution in [-0.4, -0.2) is 50.0 Å². The number of hydrogen-bond acceptors (Lipinski definition) is 6. The third-order valence-corrected chi connectivity index (χ3v) is 5.46. The number of benzene rings is 1. The van der Waals surface area contributed by atoms with E-state index in [1.54, 1.807) is 20.8 Å². The summed E-state index contributed by atoms with van der Waals surface area (Å²) in [7, 11) is -3.72. The summed E-state index contributed by atoms with van der Waals surface area (Å²) in [5, 5.41) is 2.01. The van der Waals surface area contributed by atoms with Crippen molar-refractivity contribution in [1.82, 2.24) is 10.2 Å². The molecule has 8 heteroatoms. The third kappa shape index (κ3) is 4.14. The van der Waals surface area contributed by atoms with Crippen LogP contribution in [-0.2, 0) is 14.6 Å². The minimum absolute atomic E-state index is 0.133. The Morgan fingerprint density at radius 3 is 2.48 bits per heavy atom. The fourth-order valence-corrected chi connectivity index (χ4v) is 3.99. The number of carbonyl (C=O) groups excluding carboxylic acids is 1. The minimum Gasteiger partial charge on any atom is -0.444 e. The summed E-state index contributed by atoms with van der Waals surface area (Å²) in [6, 6.07) is 5.96. The van der Waals surface area contributed by atoms with Crippen LogP contribution in [0.2, 0.25) is 0 Å². The molecule has 0 bridgehead atoms. The number of amides is 1. The van der Waals surface area contributed by atoms with Gasteiger partial charge in [0.15, 0.2) is 5.37 Å². The maximum Gasteiger partial charge on any atom is 0.411 e. The van der Waals surface area contributed by atoms with Gasteiger partial charge in [-0.1, -0.05) is 0 Å². The molecule has 1 fully saturated rings. The molecule has 1 aliphatic heterocycles. The van der Waals surface area contributed by atoms with Crippen LogP contribution >= 0.6 is 0 Å². The van der Waals surface area contributed by atoms with Crippen LogP contribution in [0.3, 0.4) is 0 Å². The van der Waals surface area contributed by atoms with Crippen LogP contribution in [0.5, 0.6) is 0 Å². The van der Waals surface area contributed by atoms with E-state index in [1.165, 1.54) is 29.2 Å². The number of anilines is 1. The van der Waals surface area contributed by atoms with Gasteiger partial charge in [0.2, 0.25) is 9.84 Å². The fraction of sp³-hybridized carbons (Fsp3) is 0.533. The minimum atomic E-state index is -3.72. The Balaban J connectivity index is 2.30. The molecule has 0 aromatic heterocycles. The van der Waals surface area contributed by atoms with E-state index in [0.717, 1.165) is 0 Å². The van der Waals surface area contributed by atoms with Gasteiger partial charge in [-0.15, -0.1) is 0 Å². The maximum atomic E-state index is 12.8. The first-order valence-corrected chi connectivity index (χ1v) is 8.96. The molecule has 1 unspecified atom stereocenters. The van der Waals surface area contributed by atoms with E-state index in [2.05, 4.69) is 5.32 Å². The van der Waals surface area contributed by atoms with E-state index >= 15 is 0 Å². The van der Waals surface area contributed by atoms with Gasteiger partial charge in [-0.3, -0.25) is 4.90 Å². The molecule has 0 aliphatic carbocycles. The first kappa shape index (κ1) is 17.6. The van der Waals surface area contributed by atoms with Crippen molar-refractivity contribution in [2.24, 2.45) is 0 Å². The molecule has 1 aliphatic rings. The molecule has 2 rings (SSSR count). The van der Waals surface area contributed by atoms with Crippen molar-refractivity contribution in [2.75, 3.05) is 25.4 Å². The summed E-state index contributed by atoms with van der Waals surface area (Å²) in [5.74, 6) is 0. The Hall–Kier alpha value is -1.80. The van der Waals surface area contributed by atoms with Crippen molar-refractivity contribution in [3.05, 3.63) is 24.3 Å². The number of rotatable bonds is 2. The number of nitrogens with zero attached hydrogens (tertiary/aromatic N) is 1. The molecule has 1 atom stereocenters. The van der Waals surface area contributed by atoms with E-state index in [4.69, 9.17) is 10.5 Å². The van der Waals surface area contributed by atoms with Crippen molar-refractivity contribution in [3.8, 4) is 0 Å². The zero-order valence-electron chi connectivity index (χ0n) is 13.6. The smallest absolute Gasteiger partial charge is 0.411 e. The molecule has 1 aromatic carbocycles. The number of carbonyl (C=O) groups is 1. The summed E-state index contributed by atoms with van der Waals surface area (Å²) in [4.78, 5) is 13.8. The molecule has 128 valence electrons. The zero-order valence-corrected chi connectivity index (χ0v) is 14.4. The van der Waals surface area contributed by atoms with Gasteiger partial charge >= 0.3 is 6.09 Å². The van der Waals surface area contributed by atoms with Crippen molar-refractivity contribution in [1.29, 1.82) is 0 Å². The summed E-state index contributed by atoms with van der Waals surface area (Å²) < 4.78 is 31.0. The van der Waals surface area contributed by atoms with Crippen molar-refractivity contribution >= 4 is 21.6 Å². The second kappa shape index (κ2) is 6.37. The lowest BCUT2D eigenvalue weighted by molar-refractivity contribution is 0.0193. The maximum absolute atomic E-state index is 12.8. The normalized spacial score (nSPS) is 19.4. The van der Waals surface area contributed by atoms with Crippen LogP contribution in [0.25, 0.3) is 0 Å². The molecule has 0 saturated carbocycles. The molecule has 7 nitrogen and oxygen atoms in total. The predicted molar refractivity (Wildman–Crippen MR) is 87.6 cm³/mol. The summed E-state index contributed by atoms with van der Waals surface area (Å²) in [5.41, 5.74) is 5.40. The van der Waals surface area contributed by atoms with Crippen LogP contribution in [0.15, 0.2) is 29.2 Å². The van der Waals surface area contributed by atoms with E-state index in [1.807, 2.05) is 0 Å². The quantitative estimate of drug-likeness (QED) is 0.784. The van der Waals surface area contributed by atoms with Gasteiger partial charge in [0.25, 0.3) is 0 Å². The molecule has 23 heavy (non-hydrogen) atoms. The lowest BCUT2D eigenvalue weighted by atomic mass is 10.2. The second-order valence-corrected chi connectivity index (χ2v) is 8.55. The topological polar surface area (TPSA) is 102 Å². The summed E-state index contributed by atoms with van der Waals surface area (Å²) in [6.07, 6.45) is -0.622. The number of nitrogen functional groups attached to an aromatic ring is 1. The standard InChI is InChI=1S/C15H23N3O4S/c1-15(2,3)22-14(19)18-9-8-17-10-13(18)23(20,21)12-6-4-11(16)5-7-12/h4-7,13,17H,8-10,16H2,1-3H3. The molecule has 1 amide bonds. The van der Waals surface area contributed by atoms with E-state index in [0.29, 0.717) is 12.2 Å². The van der Waals surface area contributed by atoms with E-state index in [-0.39, 0.29) is 18.0 Å². The number of sulfone groups is 1. The molecule has 0 radical (unpaired) electrons. The average molecular weight is 341 g/mol. The molecular formula is C15H23N3O4S. The number of piperazine rings is 1. The first-order valence-electron chi connectivity index (χ1n) is 7.41. The Kier molecular flexibility index (Phi) is 4.86. The van der Waals surface area contributed by atoms with Gasteiger partial charge in [0, 0.05) is 25.3 Å². The number of ether oxygens (including phenoxy) is 1. The third-order valence-electron chi connectivity index (χ3n) is 3.39. The van der Waals surface area contributed by atoms with Gasteiger partial charge < -0.3 is 15.8 Å². The van der Waals surface area contributed by atoms with E-state index in [9.17, 15) is 13.2 Å². The highest BCUT2D eigenvalue weighted by Gasteiger charge is 2.39. The van der Waals surface area contributed by atoms with Gasteiger partial charge in [-0.05, 0) is 45.0 Å². The van der Waals surface area contributed by atoms with Crippen molar-refractivity contribution < 1.29 is 17.9 Å². The first-order chi connectivity index (χ1) is 10.6. The van der Waals surface area contributed by atoms with Crippen LogP contribution in [0.4, 0.5) is 10.5 Å². The summed E-state index contributed by atoms with van der Waals surface area (Å²) >= 11 is 0. The van der Waals surface area contributed by atoms with Crippen LogP contribution in [0, 0.1) is 0 Å². The van der Waals surface area contributed by atoms with Gasteiger partial charge in [-0.25, -0.2) is 13.2 Å². The molecular weight excluding hydrogens is 318 g/mol.